The van der Waals surface area contributed by atoms with Crippen molar-refractivity contribution in [2.75, 3.05) is 13.2 Å². The van der Waals surface area contributed by atoms with Crippen molar-refractivity contribution in [2.24, 2.45) is 5.92 Å². The number of carbonyl (C=O) groups excluding carboxylic acids is 1. The highest BCUT2D eigenvalue weighted by Gasteiger charge is 2.09. The minimum atomic E-state index is -1.01. The molecule has 0 amide bonds. The number of ketones is 1. The van der Waals surface area contributed by atoms with Gasteiger partial charge in [0.2, 0.25) is 0 Å². The minimum absolute atomic E-state index is 0.0941. The van der Waals surface area contributed by atoms with E-state index in [9.17, 15) is 13.6 Å². The summed E-state index contributed by atoms with van der Waals surface area (Å²) < 4.78 is 30.8. The summed E-state index contributed by atoms with van der Waals surface area (Å²) in [4.78, 5) is 11.6. The van der Waals surface area contributed by atoms with E-state index in [-0.39, 0.29) is 18.0 Å². The molecular weight excluding hydrogens is 238 g/mol. The van der Waals surface area contributed by atoms with Gasteiger partial charge in [0.1, 0.15) is 6.61 Å². The van der Waals surface area contributed by atoms with Crippen LogP contribution in [0, 0.1) is 17.6 Å². The number of ether oxygens (including phenoxy) is 1. The summed E-state index contributed by atoms with van der Waals surface area (Å²) in [5, 5.41) is 0. The first-order chi connectivity index (χ1) is 8.50. The van der Waals surface area contributed by atoms with Crippen LogP contribution in [0.25, 0.3) is 0 Å². The maximum Gasteiger partial charge on any atom is 0.188 e. The van der Waals surface area contributed by atoms with Gasteiger partial charge in [-0.1, -0.05) is 13.8 Å². The third-order valence-corrected chi connectivity index (χ3v) is 2.54. The van der Waals surface area contributed by atoms with E-state index < -0.39 is 11.6 Å². The number of carbonyl (C=O) groups is 1. The quantitative estimate of drug-likeness (QED) is 0.550. The van der Waals surface area contributed by atoms with Crippen molar-refractivity contribution >= 4 is 5.78 Å². The van der Waals surface area contributed by atoms with Crippen LogP contribution in [0.3, 0.4) is 0 Å². The van der Waals surface area contributed by atoms with Crippen LogP contribution in [0.1, 0.15) is 37.0 Å². The van der Waals surface area contributed by atoms with Gasteiger partial charge in [-0.2, -0.15) is 0 Å². The second-order valence-electron chi connectivity index (χ2n) is 4.64. The van der Waals surface area contributed by atoms with Gasteiger partial charge in [-0.3, -0.25) is 4.79 Å². The second kappa shape index (κ2) is 7.21. The number of rotatable bonds is 7. The molecule has 0 saturated heterocycles. The number of hydrogen-bond donors (Lipinski definition) is 0. The molecule has 1 rings (SSSR count). The highest BCUT2D eigenvalue weighted by atomic mass is 19.2. The third-order valence-electron chi connectivity index (χ3n) is 2.54. The average Bonchev–Trinajstić information content (AvgIpc) is 2.31. The summed E-state index contributed by atoms with van der Waals surface area (Å²) >= 11 is 0. The molecule has 0 spiro atoms. The van der Waals surface area contributed by atoms with Gasteiger partial charge in [-0.05, 0) is 37.0 Å². The van der Waals surface area contributed by atoms with Crippen LogP contribution in [-0.2, 0) is 4.74 Å². The fourth-order valence-corrected chi connectivity index (χ4v) is 1.51. The normalized spacial score (nSPS) is 10.9. The van der Waals surface area contributed by atoms with E-state index in [2.05, 4.69) is 13.8 Å². The van der Waals surface area contributed by atoms with Crippen molar-refractivity contribution in [3.63, 3.8) is 0 Å². The molecule has 1 aromatic carbocycles. The Balaban J connectivity index is 2.34. The number of hydrogen-bond acceptors (Lipinski definition) is 2. The van der Waals surface area contributed by atoms with E-state index in [1.54, 1.807) is 0 Å². The van der Waals surface area contributed by atoms with E-state index in [1.807, 2.05) is 0 Å². The van der Waals surface area contributed by atoms with Crippen LogP contribution in [0.4, 0.5) is 8.78 Å². The van der Waals surface area contributed by atoms with Crippen molar-refractivity contribution in [1.82, 2.24) is 0 Å². The van der Waals surface area contributed by atoms with Gasteiger partial charge in [0.05, 0.1) is 0 Å². The molecule has 0 aliphatic carbocycles. The maximum absolute atomic E-state index is 12.9. The van der Waals surface area contributed by atoms with Gasteiger partial charge in [0.15, 0.2) is 17.4 Å². The Labute approximate surface area is 106 Å². The molecule has 0 aliphatic heterocycles. The molecule has 0 aliphatic rings. The molecule has 1 aromatic rings. The summed E-state index contributed by atoms with van der Waals surface area (Å²) in [6, 6.07) is 3.11. The molecule has 0 unspecified atom stereocenters. The molecule has 100 valence electrons. The van der Waals surface area contributed by atoms with E-state index in [0.29, 0.717) is 12.5 Å². The number of benzene rings is 1. The van der Waals surface area contributed by atoms with E-state index in [0.717, 1.165) is 25.0 Å². The zero-order valence-corrected chi connectivity index (χ0v) is 10.7. The summed E-state index contributed by atoms with van der Waals surface area (Å²) in [5.74, 6) is -1.70. The van der Waals surface area contributed by atoms with Gasteiger partial charge in [-0.15, -0.1) is 0 Å². The largest absolute Gasteiger partial charge is 0.373 e. The van der Waals surface area contributed by atoms with Crippen molar-refractivity contribution in [3.8, 4) is 0 Å². The Hall–Kier alpha value is -1.29. The summed E-state index contributed by atoms with van der Waals surface area (Å²) in [7, 11) is 0. The molecule has 0 atom stereocenters. The molecule has 18 heavy (non-hydrogen) atoms. The lowest BCUT2D eigenvalue weighted by molar-refractivity contribution is 0.0748. The molecule has 0 saturated carbocycles. The smallest absolute Gasteiger partial charge is 0.188 e. The van der Waals surface area contributed by atoms with Crippen molar-refractivity contribution < 1.29 is 18.3 Å². The minimum Gasteiger partial charge on any atom is -0.373 e. The SMILES string of the molecule is CC(C)CCCOCC(=O)c1ccc(F)c(F)c1. The summed E-state index contributed by atoms with van der Waals surface area (Å²) in [6.07, 6.45) is 1.93. The molecule has 0 radical (unpaired) electrons. The van der Waals surface area contributed by atoms with Gasteiger partial charge in [0, 0.05) is 12.2 Å². The predicted octanol–water partition coefficient (Wildman–Crippen LogP) is 3.60. The van der Waals surface area contributed by atoms with Crippen LogP contribution in [-0.4, -0.2) is 19.0 Å². The summed E-state index contributed by atoms with van der Waals surface area (Å²) in [6.45, 7) is 4.65. The van der Waals surface area contributed by atoms with E-state index in [4.69, 9.17) is 4.74 Å². The summed E-state index contributed by atoms with van der Waals surface area (Å²) in [5.41, 5.74) is 0.137. The van der Waals surface area contributed by atoms with Gasteiger partial charge >= 0.3 is 0 Å². The first-order valence-corrected chi connectivity index (χ1v) is 6.06. The Kier molecular flexibility index (Phi) is 5.92. The fraction of sp³-hybridized carbons (Fsp3) is 0.500. The second-order valence-corrected chi connectivity index (χ2v) is 4.64. The highest BCUT2D eigenvalue weighted by molar-refractivity contribution is 5.97. The van der Waals surface area contributed by atoms with Gasteiger partial charge in [-0.25, -0.2) is 8.78 Å². The molecule has 0 N–H and O–H groups in total. The average molecular weight is 256 g/mol. The lowest BCUT2D eigenvalue weighted by Gasteiger charge is -2.06. The van der Waals surface area contributed by atoms with Crippen molar-refractivity contribution in [1.29, 1.82) is 0 Å². The lowest BCUT2D eigenvalue weighted by atomic mass is 10.1. The highest BCUT2D eigenvalue weighted by Crippen LogP contribution is 2.09. The van der Waals surface area contributed by atoms with E-state index in [1.165, 1.54) is 6.07 Å². The van der Waals surface area contributed by atoms with Gasteiger partial charge < -0.3 is 4.74 Å². The molecule has 0 bridgehead atoms. The first-order valence-electron chi connectivity index (χ1n) is 6.06. The zero-order chi connectivity index (χ0) is 13.5. The Morgan fingerprint density at radius 1 is 1.28 bits per heavy atom. The van der Waals surface area contributed by atoms with Crippen molar-refractivity contribution in [2.45, 2.75) is 26.7 Å². The molecule has 0 fully saturated rings. The zero-order valence-electron chi connectivity index (χ0n) is 10.7. The number of Topliss-reactive ketones (excluding diaryl/α,β-unsaturated/α-hetero) is 1. The molecular formula is C14H18F2O2. The van der Waals surface area contributed by atoms with E-state index >= 15 is 0 Å². The molecule has 0 aromatic heterocycles. The first kappa shape index (κ1) is 14.8. The topological polar surface area (TPSA) is 26.3 Å². The van der Waals surface area contributed by atoms with Crippen LogP contribution in [0.5, 0.6) is 0 Å². The molecule has 2 nitrogen and oxygen atoms in total. The monoisotopic (exact) mass is 256 g/mol. The standard InChI is InChI=1S/C14H18F2O2/c1-10(2)4-3-7-18-9-14(17)11-5-6-12(15)13(16)8-11/h5-6,8,10H,3-4,7,9H2,1-2H3. The third kappa shape index (κ3) is 4.92. The maximum atomic E-state index is 12.9. The Morgan fingerprint density at radius 3 is 2.61 bits per heavy atom. The lowest BCUT2D eigenvalue weighted by Crippen LogP contribution is -2.10. The van der Waals surface area contributed by atoms with Gasteiger partial charge in [0.25, 0.3) is 0 Å². The predicted molar refractivity (Wildman–Crippen MR) is 65.6 cm³/mol. The van der Waals surface area contributed by atoms with Crippen molar-refractivity contribution in [3.05, 3.63) is 35.4 Å². The Morgan fingerprint density at radius 2 is 2.00 bits per heavy atom. The van der Waals surface area contributed by atoms with Crippen LogP contribution >= 0.6 is 0 Å². The number of halogens is 2. The molecule has 4 heteroatoms. The molecule has 0 heterocycles. The fourth-order valence-electron chi connectivity index (χ4n) is 1.51. The van der Waals surface area contributed by atoms with Crippen LogP contribution in [0.15, 0.2) is 18.2 Å². The van der Waals surface area contributed by atoms with Crippen LogP contribution < -0.4 is 0 Å². The van der Waals surface area contributed by atoms with Crippen LogP contribution in [0.2, 0.25) is 0 Å². The Bertz CT molecular complexity index is 403.